The third-order valence-electron chi connectivity index (χ3n) is 3.87. The van der Waals surface area contributed by atoms with Crippen LogP contribution in [-0.2, 0) is 4.74 Å². The quantitative estimate of drug-likeness (QED) is 0.762. The fraction of sp³-hybridized carbons (Fsp3) is 1.00. The van der Waals surface area contributed by atoms with Gasteiger partial charge in [0.1, 0.15) is 0 Å². The normalized spacial score (nSPS) is 38.4. The minimum Gasteiger partial charge on any atom is -0.393 e. The molecule has 1 N–H and O–H groups in total. The van der Waals surface area contributed by atoms with Gasteiger partial charge in [0.25, 0.3) is 0 Å². The van der Waals surface area contributed by atoms with Crippen molar-refractivity contribution in [3.05, 3.63) is 0 Å². The first-order valence-corrected chi connectivity index (χ1v) is 6.27. The Kier molecular flexibility index (Phi) is 4.00. The van der Waals surface area contributed by atoms with E-state index in [9.17, 15) is 5.11 Å². The largest absolute Gasteiger partial charge is 0.393 e. The molecule has 2 saturated heterocycles. The van der Waals surface area contributed by atoms with Crippen LogP contribution in [0, 0.1) is 11.8 Å². The molecule has 2 heterocycles. The van der Waals surface area contributed by atoms with Crippen LogP contribution in [0.2, 0.25) is 0 Å². The molecule has 0 aromatic rings. The zero-order chi connectivity index (χ0) is 10.7. The highest BCUT2D eigenvalue weighted by Gasteiger charge is 2.28. The fourth-order valence-corrected chi connectivity index (χ4v) is 2.70. The molecule has 2 rings (SSSR count). The second-order valence-corrected chi connectivity index (χ2v) is 5.01. The second kappa shape index (κ2) is 5.28. The van der Waals surface area contributed by atoms with Crippen molar-refractivity contribution in [2.24, 2.45) is 11.8 Å². The van der Waals surface area contributed by atoms with Crippen LogP contribution in [0.4, 0.5) is 0 Å². The van der Waals surface area contributed by atoms with E-state index in [-0.39, 0.29) is 6.10 Å². The maximum absolute atomic E-state index is 9.85. The monoisotopic (exact) mass is 213 g/mol. The average molecular weight is 213 g/mol. The zero-order valence-corrected chi connectivity index (χ0v) is 9.69. The minimum absolute atomic E-state index is 0.139. The van der Waals surface area contributed by atoms with E-state index < -0.39 is 0 Å². The van der Waals surface area contributed by atoms with E-state index in [1.165, 1.54) is 25.9 Å². The van der Waals surface area contributed by atoms with Crippen molar-refractivity contribution < 1.29 is 9.84 Å². The van der Waals surface area contributed by atoms with Gasteiger partial charge in [-0.25, -0.2) is 0 Å². The fourth-order valence-electron chi connectivity index (χ4n) is 2.70. The van der Waals surface area contributed by atoms with Crippen molar-refractivity contribution in [2.75, 3.05) is 32.8 Å². The molecule has 3 heteroatoms. The number of aliphatic hydroxyl groups is 1. The Labute approximate surface area is 92.4 Å². The third kappa shape index (κ3) is 2.92. The second-order valence-electron chi connectivity index (χ2n) is 5.01. The molecular weight excluding hydrogens is 190 g/mol. The molecule has 15 heavy (non-hydrogen) atoms. The summed E-state index contributed by atoms with van der Waals surface area (Å²) in [6.45, 7) is 7.20. The Hall–Kier alpha value is -0.120. The third-order valence-corrected chi connectivity index (χ3v) is 3.87. The summed E-state index contributed by atoms with van der Waals surface area (Å²) >= 11 is 0. The first-order valence-electron chi connectivity index (χ1n) is 6.27. The van der Waals surface area contributed by atoms with E-state index >= 15 is 0 Å². The number of ether oxygens (including phenoxy) is 1. The van der Waals surface area contributed by atoms with Crippen LogP contribution in [0.25, 0.3) is 0 Å². The summed E-state index contributed by atoms with van der Waals surface area (Å²) in [4.78, 5) is 2.50. The summed E-state index contributed by atoms with van der Waals surface area (Å²) in [7, 11) is 0. The van der Waals surface area contributed by atoms with E-state index in [4.69, 9.17) is 4.74 Å². The molecule has 0 radical (unpaired) electrons. The SMILES string of the molecule is CCC1CCN(CC2COCCC2O)C1. The van der Waals surface area contributed by atoms with Crippen molar-refractivity contribution in [3.8, 4) is 0 Å². The highest BCUT2D eigenvalue weighted by Crippen LogP contribution is 2.22. The van der Waals surface area contributed by atoms with E-state index in [1.807, 2.05) is 0 Å². The summed E-state index contributed by atoms with van der Waals surface area (Å²) < 4.78 is 5.43. The van der Waals surface area contributed by atoms with Gasteiger partial charge in [-0.1, -0.05) is 13.3 Å². The topological polar surface area (TPSA) is 32.7 Å². The van der Waals surface area contributed by atoms with Crippen LogP contribution in [0.1, 0.15) is 26.2 Å². The van der Waals surface area contributed by atoms with Gasteiger partial charge in [0.2, 0.25) is 0 Å². The summed E-state index contributed by atoms with van der Waals surface area (Å²) in [6, 6.07) is 0. The smallest absolute Gasteiger partial charge is 0.0624 e. The predicted molar refractivity (Wildman–Crippen MR) is 59.8 cm³/mol. The molecule has 2 aliphatic rings. The maximum Gasteiger partial charge on any atom is 0.0624 e. The molecule has 0 saturated carbocycles. The lowest BCUT2D eigenvalue weighted by molar-refractivity contribution is -0.0449. The molecule has 3 atom stereocenters. The van der Waals surface area contributed by atoms with Gasteiger partial charge < -0.3 is 14.7 Å². The molecule has 0 amide bonds. The Morgan fingerprint density at radius 2 is 2.27 bits per heavy atom. The highest BCUT2D eigenvalue weighted by molar-refractivity contribution is 4.81. The Balaban J connectivity index is 1.76. The molecule has 0 aromatic carbocycles. The highest BCUT2D eigenvalue weighted by atomic mass is 16.5. The number of hydrogen-bond acceptors (Lipinski definition) is 3. The van der Waals surface area contributed by atoms with Crippen LogP contribution in [0.5, 0.6) is 0 Å². The number of rotatable bonds is 3. The van der Waals surface area contributed by atoms with Gasteiger partial charge in [0, 0.05) is 25.6 Å². The van der Waals surface area contributed by atoms with Gasteiger partial charge in [0.05, 0.1) is 12.7 Å². The molecule has 0 spiro atoms. The molecule has 3 nitrogen and oxygen atoms in total. The Morgan fingerprint density at radius 1 is 1.40 bits per heavy atom. The predicted octanol–water partition coefficient (Wildman–Crippen LogP) is 1.12. The molecule has 88 valence electrons. The lowest BCUT2D eigenvalue weighted by atomic mass is 9.98. The first kappa shape index (κ1) is 11.4. The lowest BCUT2D eigenvalue weighted by Gasteiger charge is -2.31. The number of nitrogens with zero attached hydrogens (tertiary/aromatic N) is 1. The molecule has 2 fully saturated rings. The van der Waals surface area contributed by atoms with E-state index in [0.717, 1.165) is 32.1 Å². The molecular formula is C12H23NO2. The average Bonchev–Trinajstić information content (AvgIpc) is 2.69. The van der Waals surface area contributed by atoms with Gasteiger partial charge in [-0.05, 0) is 25.3 Å². The van der Waals surface area contributed by atoms with Crippen LogP contribution < -0.4 is 0 Å². The molecule has 0 bridgehead atoms. The molecule has 0 aromatic heterocycles. The Bertz CT molecular complexity index is 198. The minimum atomic E-state index is -0.139. The zero-order valence-electron chi connectivity index (χ0n) is 9.69. The van der Waals surface area contributed by atoms with Crippen LogP contribution >= 0.6 is 0 Å². The maximum atomic E-state index is 9.85. The van der Waals surface area contributed by atoms with Crippen molar-refractivity contribution in [3.63, 3.8) is 0 Å². The molecule has 3 unspecified atom stereocenters. The summed E-state index contributed by atoms with van der Waals surface area (Å²) in [5.74, 6) is 1.22. The number of likely N-dealkylation sites (tertiary alicyclic amines) is 1. The lowest BCUT2D eigenvalue weighted by Crippen LogP contribution is -2.40. The van der Waals surface area contributed by atoms with Crippen molar-refractivity contribution in [2.45, 2.75) is 32.3 Å². The van der Waals surface area contributed by atoms with Crippen LogP contribution in [0.15, 0.2) is 0 Å². The molecule has 0 aliphatic carbocycles. The van der Waals surface area contributed by atoms with Gasteiger partial charge in [-0.2, -0.15) is 0 Å². The Morgan fingerprint density at radius 3 is 2.93 bits per heavy atom. The van der Waals surface area contributed by atoms with Gasteiger partial charge >= 0.3 is 0 Å². The van der Waals surface area contributed by atoms with Crippen LogP contribution in [-0.4, -0.2) is 49.0 Å². The van der Waals surface area contributed by atoms with E-state index in [2.05, 4.69) is 11.8 Å². The summed E-state index contributed by atoms with van der Waals surface area (Å²) in [6.07, 6.45) is 3.30. The van der Waals surface area contributed by atoms with E-state index in [1.54, 1.807) is 0 Å². The number of hydrogen-bond donors (Lipinski definition) is 1. The summed E-state index contributed by atoms with van der Waals surface area (Å²) in [5, 5.41) is 9.85. The van der Waals surface area contributed by atoms with Crippen molar-refractivity contribution >= 4 is 0 Å². The van der Waals surface area contributed by atoms with Gasteiger partial charge in [-0.15, -0.1) is 0 Å². The standard InChI is InChI=1S/C12H23NO2/c1-2-10-3-5-13(7-10)8-11-9-15-6-4-12(11)14/h10-12,14H,2-9H2,1H3. The van der Waals surface area contributed by atoms with Gasteiger partial charge in [-0.3, -0.25) is 0 Å². The molecule has 2 aliphatic heterocycles. The van der Waals surface area contributed by atoms with E-state index in [0.29, 0.717) is 5.92 Å². The van der Waals surface area contributed by atoms with Crippen LogP contribution in [0.3, 0.4) is 0 Å². The van der Waals surface area contributed by atoms with Crippen molar-refractivity contribution in [1.82, 2.24) is 4.90 Å². The van der Waals surface area contributed by atoms with Gasteiger partial charge in [0.15, 0.2) is 0 Å². The van der Waals surface area contributed by atoms with Crippen molar-refractivity contribution in [1.29, 1.82) is 0 Å². The number of aliphatic hydroxyl groups excluding tert-OH is 1. The first-order chi connectivity index (χ1) is 7.29. The summed E-state index contributed by atoms with van der Waals surface area (Å²) in [5.41, 5.74) is 0.